The SMILES string of the molecule is O=c1cc(-c2[nH]c(N3CCC(O)CC3)nc2-c2cccnc2)cc[nH]1. The smallest absolute Gasteiger partial charge is 0.248 e. The van der Waals surface area contributed by atoms with Crippen LogP contribution in [0.15, 0.2) is 47.7 Å². The number of hydrogen-bond acceptors (Lipinski definition) is 5. The Morgan fingerprint density at radius 2 is 2.04 bits per heavy atom. The Bertz CT molecular complexity index is 910. The molecule has 0 radical (unpaired) electrons. The molecule has 128 valence electrons. The first-order valence-electron chi connectivity index (χ1n) is 8.33. The Hall–Kier alpha value is -2.93. The number of H-pyrrole nitrogens is 2. The summed E-state index contributed by atoms with van der Waals surface area (Å²) in [5.74, 6) is 0.751. The van der Waals surface area contributed by atoms with Gasteiger partial charge in [-0.1, -0.05) is 0 Å². The Labute approximate surface area is 144 Å². The van der Waals surface area contributed by atoms with Crippen molar-refractivity contribution >= 4 is 5.95 Å². The van der Waals surface area contributed by atoms with E-state index in [4.69, 9.17) is 4.98 Å². The second-order valence-corrected chi connectivity index (χ2v) is 6.19. The molecule has 0 unspecified atom stereocenters. The number of nitrogens with one attached hydrogen (secondary N) is 2. The van der Waals surface area contributed by atoms with Crippen molar-refractivity contribution in [2.24, 2.45) is 0 Å². The largest absolute Gasteiger partial charge is 0.393 e. The van der Waals surface area contributed by atoms with E-state index in [2.05, 4.69) is 19.9 Å². The normalized spacial score (nSPS) is 15.5. The van der Waals surface area contributed by atoms with Crippen molar-refractivity contribution in [3.63, 3.8) is 0 Å². The van der Waals surface area contributed by atoms with Crippen LogP contribution in [0.2, 0.25) is 0 Å². The molecule has 1 fully saturated rings. The molecule has 0 bridgehead atoms. The number of nitrogens with zero attached hydrogens (tertiary/aromatic N) is 3. The highest BCUT2D eigenvalue weighted by atomic mass is 16.3. The average Bonchev–Trinajstić information content (AvgIpc) is 3.08. The van der Waals surface area contributed by atoms with E-state index < -0.39 is 0 Å². The quantitative estimate of drug-likeness (QED) is 0.677. The molecule has 0 spiro atoms. The second kappa shape index (κ2) is 6.52. The summed E-state index contributed by atoms with van der Waals surface area (Å²) in [4.78, 5) is 28.8. The Balaban J connectivity index is 1.80. The fraction of sp³-hybridized carbons (Fsp3) is 0.278. The third-order valence-electron chi connectivity index (χ3n) is 4.45. The number of pyridine rings is 2. The van der Waals surface area contributed by atoms with Gasteiger partial charge in [0.25, 0.3) is 0 Å². The molecule has 1 aliphatic rings. The lowest BCUT2D eigenvalue weighted by molar-refractivity contribution is 0.145. The molecule has 0 saturated carbocycles. The first kappa shape index (κ1) is 15.6. The van der Waals surface area contributed by atoms with Crippen molar-refractivity contribution in [2.45, 2.75) is 18.9 Å². The zero-order valence-electron chi connectivity index (χ0n) is 13.6. The molecule has 7 nitrogen and oxygen atoms in total. The molecular formula is C18H19N5O2. The summed E-state index contributed by atoms with van der Waals surface area (Å²) < 4.78 is 0. The van der Waals surface area contributed by atoms with Crippen LogP contribution in [0.3, 0.4) is 0 Å². The van der Waals surface area contributed by atoms with Crippen LogP contribution in [0.1, 0.15) is 12.8 Å². The highest BCUT2D eigenvalue weighted by molar-refractivity contribution is 5.79. The minimum Gasteiger partial charge on any atom is -0.393 e. The van der Waals surface area contributed by atoms with Crippen LogP contribution >= 0.6 is 0 Å². The summed E-state index contributed by atoms with van der Waals surface area (Å²) in [5.41, 5.74) is 3.06. The molecule has 25 heavy (non-hydrogen) atoms. The molecule has 4 heterocycles. The Morgan fingerprint density at radius 3 is 2.76 bits per heavy atom. The van der Waals surface area contributed by atoms with E-state index in [1.807, 2.05) is 18.2 Å². The zero-order valence-corrected chi connectivity index (χ0v) is 13.6. The van der Waals surface area contributed by atoms with Crippen LogP contribution in [-0.4, -0.2) is 44.2 Å². The predicted molar refractivity (Wildman–Crippen MR) is 95.3 cm³/mol. The topological polar surface area (TPSA) is 97.9 Å². The van der Waals surface area contributed by atoms with E-state index in [0.717, 1.165) is 54.4 Å². The standard InChI is InChI=1S/C18H19N5O2/c24-14-4-8-23(9-5-14)18-21-16(12-3-7-20-15(25)10-12)17(22-18)13-2-1-6-19-11-13/h1-3,6-7,10-11,14,24H,4-5,8-9H2,(H,20,25)(H,21,22). The number of aliphatic hydroxyl groups excluding tert-OH is 1. The maximum Gasteiger partial charge on any atom is 0.248 e. The summed E-state index contributed by atoms with van der Waals surface area (Å²) >= 11 is 0. The maximum absolute atomic E-state index is 11.7. The van der Waals surface area contributed by atoms with Gasteiger partial charge in [-0.2, -0.15) is 0 Å². The summed E-state index contributed by atoms with van der Waals surface area (Å²) in [6.45, 7) is 1.49. The minimum atomic E-state index is -0.240. The molecule has 0 aromatic carbocycles. The third-order valence-corrected chi connectivity index (χ3v) is 4.45. The van der Waals surface area contributed by atoms with E-state index in [0.29, 0.717) is 0 Å². The van der Waals surface area contributed by atoms with Crippen LogP contribution in [0.25, 0.3) is 22.5 Å². The fourth-order valence-corrected chi connectivity index (χ4v) is 3.11. The summed E-state index contributed by atoms with van der Waals surface area (Å²) in [6, 6.07) is 7.21. The van der Waals surface area contributed by atoms with Gasteiger partial charge in [0.05, 0.1) is 17.5 Å². The van der Waals surface area contributed by atoms with Crippen molar-refractivity contribution in [1.82, 2.24) is 19.9 Å². The molecule has 3 aromatic rings. The lowest BCUT2D eigenvalue weighted by Gasteiger charge is -2.29. The number of aromatic nitrogens is 4. The van der Waals surface area contributed by atoms with Crippen molar-refractivity contribution in [2.75, 3.05) is 18.0 Å². The van der Waals surface area contributed by atoms with E-state index in [1.54, 1.807) is 24.7 Å². The monoisotopic (exact) mass is 337 g/mol. The number of aromatic amines is 2. The number of anilines is 1. The molecule has 3 N–H and O–H groups in total. The first-order chi connectivity index (χ1) is 12.2. The first-order valence-corrected chi connectivity index (χ1v) is 8.33. The lowest BCUT2D eigenvalue weighted by atomic mass is 10.1. The molecular weight excluding hydrogens is 318 g/mol. The van der Waals surface area contributed by atoms with Crippen LogP contribution in [-0.2, 0) is 0 Å². The van der Waals surface area contributed by atoms with Gasteiger partial charge in [0.1, 0.15) is 0 Å². The molecule has 0 amide bonds. The summed E-state index contributed by atoms with van der Waals surface area (Å²) in [6.07, 6.45) is 6.32. The molecule has 0 aliphatic carbocycles. The van der Waals surface area contributed by atoms with Crippen LogP contribution in [0.4, 0.5) is 5.95 Å². The highest BCUT2D eigenvalue weighted by Gasteiger charge is 2.22. The van der Waals surface area contributed by atoms with Gasteiger partial charge >= 0.3 is 0 Å². The van der Waals surface area contributed by atoms with Crippen LogP contribution in [0.5, 0.6) is 0 Å². The van der Waals surface area contributed by atoms with Gasteiger partial charge in [-0.15, -0.1) is 0 Å². The van der Waals surface area contributed by atoms with E-state index in [1.165, 1.54) is 0 Å². The maximum atomic E-state index is 11.7. The molecule has 4 rings (SSSR count). The van der Waals surface area contributed by atoms with Gasteiger partial charge in [0.2, 0.25) is 11.5 Å². The predicted octanol–water partition coefficient (Wildman–Crippen LogP) is 1.79. The zero-order chi connectivity index (χ0) is 17.2. The van der Waals surface area contributed by atoms with Gasteiger partial charge < -0.3 is 20.0 Å². The Morgan fingerprint density at radius 1 is 1.20 bits per heavy atom. The highest BCUT2D eigenvalue weighted by Crippen LogP contribution is 2.32. The van der Waals surface area contributed by atoms with E-state index in [-0.39, 0.29) is 11.7 Å². The molecule has 1 saturated heterocycles. The van der Waals surface area contributed by atoms with Crippen molar-refractivity contribution in [3.05, 3.63) is 53.2 Å². The van der Waals surface area contributed by atoms with Crippen LogP contribution in [0, 0.1) is 0 Å². The molecule has 7 heteroatoms. The van der Waals surface area contributed by atoms with Crippen molar-refractivity contribution in [1.29, 1.82) is 0 Å². The van der Waals surface area contributed by atoms with Gasteiger partial charge in [-0.3, -0.25) is 9.78 Å². The van der Waals surface area contributed by atoms with Gasteiger partial charge in [0, 0.05) is 48.9 Å². The fourth-order valence-electron chi connectivity index (χ4n) is 3.11. The average molecular weight is 337 g/mol. The lowest BCUT2D eigenvalue weighted by Crippen LogP contribution is -2.36. The number of rotatable bonds is 3. The third kappa shape index (κ3) is 3.18. The number of hydrogen-bond donors (Lipinski definition) is 3. The number of piperidine rings is 1. The van der Waals surface area contributed by atoms with E-state index in [9.17, 15) is 9.90 Å². The van der Waals surface area contributed by atoms with Gasteiger partial charge in [-0.25, -0.2) is 4.98 Å². The summed E-state index contributed by atoms with van der Waals surface area (Å²) in [7, 11) is 0. The van der Waals surface area contributed by atoms with Crippen molar-refractivity contribution in [3.8, 4) is 22.5 Å². The van der Waals surface area contributed by atoms with Crippen molar-refractivity contribution < 1.29 is 5.11 Å². The summed E-state index contributed by atoms with van der Waals surface area (Å²) in [5, 5.41) is 9.72. The second-order valence-electron chi connectivity index (χ2n) is 6.19. The van der Waals surface area contributed by atoms with Gasteiger partial charge in [0.15, 0.2) is 0 Å². The van der Waals surface area contributed by atoms with Gasteiger partial charge in [-0.05, 0) is 31.0 Å². The Kier molecular flexibility index (Phi) is 4.07. The molecule has 0 atom stereocenters. The minimum absolute atomic E-state index is 0.160. The number of aliphatic hydroxyl groups is 1. The van der Waals surface area contributed by atoms with Crippen LogP contribution < -0.4 is 10.5 Å². The molecule has 1 aliphatic heterocycles. The number of imidazole rings is 1. The molecule has 3 aromatic heterocycles. The van der Waals surface area contributed by atoms with E-state index >= 15 is 0 Å².